The van der Waals surface area contributed by atoms with Gasteiger partial charge in [-0.15, -0.1) is 0 Å². The van der Waals surface area contributed by atoms with E-state index in [9.17, 15) is 18.0 Å². The summed E-state index contributed by atoms with van der Waals surface area (Å²) >= 11 is 19.0. The zero-order valence-corrected chi connectivity index (χ0v) is 28.0. The van der Waals surface area contributed by atoms with Gasteiger partial charge in [-0.25, -0.2) is 8.42 Å². The van der Waals surface area contributed by atoms with Crippen LogP contribution >= 0.6 is 34.8 Å². The lowest BCUT2D eigenvalue weighted by Crippen LogP contribution is -2.53. The van der Waals surface area contributed by atoms with Gasteiger partial charge in [0.05, 0.1) is 20.6 Å². The van der Waals surface area contributed by atoms with Crippen molar-refractivity contribution in [1.29, 1.82) is 0 Å². The number of nitrogens with zero attached hydrogens (tertiary/aromatic N) is 2. The summed E-state index contributed by atoms with van der Waals surface area (Å²) in [7, 11) is -4.31. The molecule has 4 aromatic rings. The Balaban J connectivity index is 1.82. The zero-order chi connectivity index (χ0) is 32.6. The second-order valence-corrected chi connectivity index (χ2v) is 13.6. The highest BCUT2D eigenvalue weighted by Gasteiger charge is 2.35. The molecule has 11 heteroatoms. The minimum atomic E-state index is -4.31. The molecule has 1 N–H and O–H groups in total. The first-order valence-electron chi connectivity index (χ1n) is 14.4. The van der Waals surface area contributed by atoms with E-state index >= 15 is 0 Å². The lowest BCUT2D eigenvalue weighted by atomic mass is 10.0. The van der Waals surface area contributed by atoms with Gasteiger partial charge in [0, 0.05) is 24.5 Å². The number of anilines is 1. The third-order valence-corrected chi connectivity index (χ3v) is 10.0. The number of halogens is 3. The molecule has 0 aromatic heterocycles. The summed E-state index contributed by atoms with van der Waals surface area (Å²) in [6.07, 6.45) is 0.906. The zero-order valence-electron chi connectivity index (χ0n) is 24.9. The van der Waals surface area contributed by atoms with Gasteiger partial charge >= 0.3 is 0 Å². The van der Waals surface area contributed by atoms with Gasteiger partial charge in [-0.2, -0.15) is 0 Å². The monoisotopic (exact) mass is 685 g/mol. The fourth-order valence-electron chi connectivity index (χ4n) is 4.74. The fourth-order valence-corrected chi connectivity index (χ4v) is 6.74. The van der Waals surface area contributed by atoms with Crippen LogP contribution < -0.4 is 9.62 Å². The smallest absolute Gasteiger partial charge is 0.264 e. The van der Waals surface area contributed by atoms with E-state index in [0.29, 0.717) is 23.6 Å². The highest BCUT2D eigenvalue weighted by atomic mass is 35.5. The number of aryl methyl sites for hydroxylation is 1. The Morgan fingerprint density at radius 1 is 0.822 bits per heavy atom. The van der Waals surface area contributed by atoms with Crippen molar-refractivity contribution in [1.82, 2.24) is 10.2 Å². The van der Waals surface area contributed by atoms with E-state index in [4.69, 9.17) is 34.8 Å². The minimum Gasteiger partial charge on any atom is -0.354 e. The maximum absolute atomic E-state index is 14.5. The van der Waals surface area contributed by atoms with Gasteiger partial charge in [-0.05, 0) is 60.9 Å². The van der Waals surface area contributed by atoms with Crippen LogP contribution in [-0.2, 0) is 32.6 Å². The molecule has 0 spiro atoms. The molecule has 2 amide bonds. The molecule has 0 heterocycles. The van der Waals surface area contributed by atoms with Crippen molar-refractivity contribution in [2.24, 2.45) is 0 Å². The van der Waals surface area contributed by atoms with Crippen LogP contribution in [-0.4, -0.2) is 44.3 Å². The summed E-state index contributed by atoms with van der Waals surface area (Å²) in [6.45, 7) is 3.58. The quantitative estimate of drug-likeness (QED) is 0.160. The van der Waals surface area contributed by atoms with Gasteiger partial charge < -0.3 is 10.2 Å². The van der Waals surface area contributed by atoms with Gasteiger partial charge in [0.15, 0.2) is 0 Å². The Bertz CT molecular complexity index is 1720. The molecule has 236 valence electrons. The molecule has 4 aromatic carbocycles. The maximum atomic E-state index is 14.5. The van der Waals surface area contributed by atoms with E-state index in [-0.39, 0.29) is 39.5 Å². The average Bonchev–Trinajstić information content (AvgIpc) is 3.03. The van der Waals surface area contributed by atoms with Crippen LogP contribution in [0, 0.1) is 6.92 Å². The number of amides is 2. The van der Waals surface area contributed by atoms with E-state index in [1.165, 1.54) is 29.2 Å². The largest absolute Gasteiger partial charge is 0.354 e. The number of sulfonamides is 1. The molecule has 0 saturated carbocycles. The summed E-state index contributed by atoms with van der Waals surface area (Å²) in [5.41, 5.74) is 2.46. The summed E-state index contributed by atoms with van der Waals surface area (Å²) in [5.74, 6) is -0.957. The molecule has 0 saturated heterocycles. The molecule has 1 atom stereocenters. The number of nitrogens with one attached hydrogen (secondary N) is 1. The average molecular weight is 687 g/mol. The number of rotatable bonds is 13. The Kier molecular flexibility index (Phi) is 11.9. The molecule has 0 fully saturated rings. The second kappa shape index (κ2) is 15.6. The van der Waals surface area contributed by atoms with Crippen molar-refractivity contribution in [3.05, 3.63) is 129 Å². The van der Waals surface area contributed by atoms with Crippen molar-refractivity contribution in [2.75, 3.05) is 17.4 Å². The Labute approximate surface area is 279 Å². The number of carbonyl (C=O) groups is 2. The lowest BCUT2D eigenvalue weighted by molar-refractivity contribution is -0.140. The van der Waals surface area contributed by atoms with Crippen molar-refractivity contribution in [3.8, 4) is 0 Å². The summed E-state index contributed by atoms with van der Waals surface area (Å²) in [4.78, 5) is 29.6. The van der Waals surface area contributed by atoms with Crippen LogP contribution in [0.25, 0.3) is 0 Å². The summed E-state index contributed by atoms with van der Waals surface area (Å²) in [6, 6.07) is 26.2. The van der Waals surface area contributed by atoms with Crippen LogP contribution in [0.3, 0.4) is 0 Å². The molecule has 45 heavy (non-hydrogen) atoms. The van der Waals surface area contributed by atoms with E-state index in [1.807, 2.05) is 44.2 Å². The van der Waals surface area contributed by atoms with E-state index in [1.54, 1.807) is 42.5 Å². The molecule has 0 radical (unpaired) electrons. The summed E-state index contributed by atoms with van der Waals surface area (Å²) < 4.78 is 29.3. The SMILES string of the molecule is CCCNC(=O)[C@@H](Cc1ccccc1)N(Cc1ccc(Cl)cc1)C(=O)CN(c1cccc(Cl)c1Cl)S(=O)(=O)c1ccc(C)cc1. The Hall–Kier alpha value is -3.56. The molecule has 0 unspecified atom stereocenters. The molecule has 0 aliphatic carbocycles. The normalized spacial score (nSPS) is 11.9. The van der Waals surface area contributed by atoms with Crippen LogP contribution in [0.4, 0.5) is 5.69 Å². The van der Waals surface area contributed by atoms with Crippen molar-refractivity contribution in [2.45, 2.75) is 44.2 Å². The first-order chi connectivity index (χ1) is 21.5. The van der Waals surface area contributed by atoms with E-state index in [0.717, 1.165) is 15.4 Å². The third-order valence-electron chi connectivity index (χ3n) is 7.17. The minimum absolute atomic E-state index is 0.0200. The van der Waals surface area contributed by atoms with Gasteiger partial charge in [-0.3, -0.25) is 13.9 Å². The molecular formula is C34H34Cl3N3O4S. The highest BCUT2D eigenvalue weighted by molar-refractivity contribution is 7.92. The second-order valence-electron chi connectivity index (χ2n) is 10.5. The van der Waals surface area contributed by atoms with E-state index < -0.39 is 28.5 Å². The van der Waals surface area contributed by atoms with Crippen molar-refractivity contribution < 1.29 is 18.0 Å². The molecule has 0 aliphatic heterocycles. The van der Waals surface area contributed by atoms with Crippen LogP contribution in [0.5, 0.6) is 0 Å². The van der Waals surface area contributed by atoms with Crippen LogP contribution in [0.1, 0.15) is 30.0 Å². The predicted octanol–water partition coefficient (Wildman–Crippen LogP) is 7.32. The standard InChI is InChI=1S/C34H34Cl3N3O4S/c1-3-20-38-34(42)31(21-25-8-5-4-6-9-25)39(22-26-14-16-27(35)17-15-26)32(41)23-40(30-11-7-10-29(36)33(30)37)45(43,44)28-18-12-24(2)13-19-28/h4-19,31H,3,20-23H2,1-2H3,(H,38,42)/t31-/m1/s1. The Morgan fingerprint density at radius 3 is 2.13 bits per heavy atom. The molecular weight excluding hydrogens is 653 g/mol. The van der Waals surface area contributed by atoms with Gasteiger partial charge in [0.25, 0.3) is 10.0 Å². The molecule has 4 rings (SSSR count). The topological polar surface area (TPSA) is 86.8 Å². The predicted molar refractivity (Wildman–Crippen MR) is 181 cm³/mol. The molecule has 0 bridgehead atoms. The first kappa shape index (κ1) is 34.3. The molecule has 0 aliphatic rings. The van der Waals surface area contributed by atoms with Gasteiger partial charge in [-0.1, -0.05) is 108 Å². The first-order valence-corrected chi connectivity index (χ1v) is 17.0. The van der Waals surface area contributed by atoms with Crippen LogP contribution in [0.15, 0.2) is 102 Å². The van der Waals surface area contributed by atoms with Gasteiger partial charge in [0.1, 0.15) is 12.6 Å². The number of carbonyl (C=O) groups excluding carboxylic acids is 2. The highest BCUT2D eigenvalue weighted by Crippen LogP contribution is 2.35. The number of hydrogen-bond acceptors (Lipinski definition) is 4. The summed E-state index contributed by atoms with van der Waals surface area (Å²) in [5, 5.41) is 3.55. The fraction of sp³-hybridized carbons (Fsp3) is 0.235. The third kappa shape index (κ3) is 8.79. The van der Waals surface area contributed by atoms with Crippen molar-refractivity contribution in [3.63, 3.8) is 0 Å². The van der Waals surface area contributed by atoms with Crippen LogP contribution in [0.2, 0.25) is 15.1 Å². The molecule has 7 nitrogen and oxygen atoms in total. The Morgan fingerprint density at radius 2 is 1.49 bits per heavy atom. The van der Waals surface area contributed by atoms with E-state index in [2.05, 4.69) is 5.32 Å². The number of hydrogen-bond donors (Lipinski definition) is 1. The maximum Gasteiger partial charge on any atom is 0.264 e. The lowest BCUT2D eigenvalue weighted by Gasteiger charge is -2.34. The van der Waals surface area contributed by atoms with Crippen molar-refractivity contribution >= 4 is 62.3 Å². The number of benzene rings is 4. The van der Waals surface area contributed by atoms with Gasteiger partial charge in [0.2, 0.25) is 11.8 Å².